The number of carboxylic acid groups (broad SMARTS) is 1. The fourth-order valence-electron chi connectivity index (χ4n) is 2.18. The summed E-state index contributed by atoms with van der Waals surface area (Å²) in [7, 11) is 0. The molecule has 0 aliphatic carbocycles. The molecule has 0 saturated heterocycles. The maximum atomic E-state index is 12.5. The second kappa shape index (κ2) is 11.8. The van der Waals surface area contributed by atoms with Gasteiger partial charge < -0.3 is 32.5 Å². The molecule has 0 aromatic rings. The number of carbonyl (C=O) groups excluding carboxylic acids is 4. The summed E-state index contributed by atoms with van der Waals surface area (Å²) in [5, 5.41) is 16.3. The number of hydrogen-bond donors (Lipinski definition) is 6. The molecule has 3 atom stereocenters. The molecule has 3 unspecified atom stereocenters. The van der Waals surface area contributed by atoms with Crippen molar-refractivity contribution in [2.75, 3.05) is 6.54 Å². The molecule has 0 heterocycles. The number of aliphatic carboxylic acids is 1. The molecule has 0 aliphatic rings. The highest BCUT2D eigenvalue weighted by atomic mass is 16.4. The summed E-state index contributed by atoms with van der Waals surface area (Å²) < 4.78 is 0. The van der Waals surface area contributed by atoms with Gasteiger partial charge in [0.2, 0.25) is 23.6 Å². The van der Waals surface area contributed by atoms with Gasteiger partial charge in [-0.3, -0.25) is 19.2 Å². The van der Waals surface area contributed by atoms with Crippen LogP contribution in [-0.4, -0.2) is 59.4 Å². The number of carbonyl (C=O) groups is 5. The first-order valence-corrected chi connectivity index (χ1v) is 8.59. The van der Waals surface area contributed by atoms with Gasteiger partial charge in [0, 0.05) is 6.42 Å². The van der Waals surface area contributed by atoms with Crippen LogP contribution < -0.4 is 27.4 Å². The van der Waals surface area contributed by atoms with E-state index < -0.39 is 47.7 Å². The van der Waals surface area contributed by atoms with Crippen molar-refractivity contribution < 1.29 is 29.1 Å². The molecule has 0 aliphatic heterocycles. The number of nitrogens with one attached hydrogen (secondary N) is 3. The van der Waals surface area contributed by atoms with E-state index in [0.29, 0.717) is 0 Å². The Morgan fingerprint density at radius 3 is 1.93 bits per heavy atom. The van der Waals surface area contributed by atoms with E-state index >= 15 is 0 Å². The summed E-state index contributed by atoms with van der Waals surface area (Å²) in [6.45, 7) is 4.80. The van der Waals surface area contributed by atoms with Crippen molar-refractivity contribution in [2.24, 2.45) is 17.4 Å². The Labute approximate surface area is 157 Å². The maximum absolute atomic E-state index is 12.5. The summed E-state index contributed by atoms with van der Waals surface area (Å²) in [5.41, 5.74) is 10.2. The Hall–Kier alpha value is -2.69. The van der Waals surface area contributed by atoms with Gasteiger partial charge in [-0.1, -0.05) is 13.8 Å². The van der Waals surface area contributed by atoms with Crippen LogP contribution in [0.5, 0.6) is 0 Å². The minimum Gasteiger partial charge on any atom is -0.480 e. The van der Waals surface area contributed by atoms with Crippen LogP contribution in [0, 0.1) is 5.92 Å². The highest BCUT2D eigenvalue weighted by molar-refractivity contribution is 5.93. The molecule has 0 radical (unpaired) electrons. The maximum Gasteiger partial charge on any atom is 0.326 e. The third-order valence-electron chi connectivity index (χ3n) is 3.59. The van der Waals surface area contributed by atoms with Gasteiger partial charge in [0.15, 0.2) is 0 Å². The SMILES string of the molecule is CC(C)CC(NC(=O)C(C)NC(=O)CN)C(=O)NC(CCC(N)=O)C(=O)O. The monoisotopic (exact) mass is 387 g/mol. The minimum absolute atomic E-state index is 0.0175. The van der Waals surface area contributed by atoms with E-state index in [1.54, 1.807) is 0 Å². The lowest BCUT2D eigenvalue weighted by Gasteiger charge is -2.24. The van der Waals surface area contributed by atoms with Gasteiger partial charge in [0.05, 0.1) is 6.54 Å². The Morgan fingerprint density at radius 1 is 0.926 bits per heavy atom. The lowest BCUT2D eigenvalue weighted by Crippen LogP contribution is -2.55. The fourth-order valence-corrected chi connectivity index (χ4v) is 2.18. The highest BCUT2D eigenvalue weighted by Crippen LogP contribution is 2.07. The average Bonchev–Trinajstić information content (AvgIpc) is 2.56. The van der Waals surface area contributed by atoms with E-state index in [0.717, 1.165) is 0 Å². The van der Waals surface area contributed by atoms with Crippen molar-refractivity contribution in [3.8, 4) is 0 Å². The van der Waals surface area contributed by atoms with Crippen LogP contribution in [0.1, 0.15) is 40.0 Å². The largest absolute Gasteiger partial charge is 0.480 e. The van der Waals surface area contributed by atoms with Crippen molar-refractivity contribution >= 4 is 29.6 Å². The third-order valence-corrected chi connectivity index (χ3v) is 3.59. The minimum atomic E-state index is -1.32. The van der Waals surface area contributed by atoms with Crippen LogP contribution in [0.25, 0.3) is 0 Å². The Bertz CT molecular complexity index is 566. The predicted molar refractivity (Wildman–Crippen MR) is 96.0 cm³/mol. The molecule has 154 valence electrons. The summed E-state index contributed by atoms with van der Waals surface area (Å²) >= 11 is 0. The third kappa shape index (κ3) is 10.1. The molecule has 8 N–H and O–H groups in total. The Kier molecular flexibility index (Phi) is 10.7. The number of nitrogens with two attached hydrogens (primary N) is 2. The quantitative estimate of drug-likeness (QED) is 0.219. The van der Waals surface area contributed by atoms with Gasteiger partial charge in [-0.15, -0.1) is 0 Å². The summed E-state index contributed by atoms with van der Waals surface area (Å²) in [4.78, 5) is 58.0. The summed E-state index contributed by atoms with van der Waals surface area (Å²) in [5.74, 6) is -3.83. The first-order valence-electron chi connectivity index (χ1n) is 8.59. The molecular formula is C16H29N5O6. The van der Waals surface area contributed by atoms with Crippen molar-refractivity contribution in [1.29, 1.82) is 0 Å². The van der Waals surface area contributed by atoms with E-state index in [1.807, 2.05) is 13.8 Å². The molecule has 0 bridgehead atoms. The van der Waals surface area contributed by atoms with Crippen molar-refractivity contribution in [3.05, 3.63) is 0 Å². The number of amides is 4. The molecule has 11 heteroatoms. The average molecular weight is 387 g/mol. The standard InChI is InChI=1S/C16H29N5O6/c1-8(2)6-11(21-14(24)9(3)19-13(23)7-17)15(25)20-10(16(26)27)4-5-12(18)22/h8-11H,4-7,17H2,1-3H3,(H2,18,22)(H,19,23)(H,20,25)(H,21,24)(H,26,27). The zero-order valence-corrected chi connectivity index (χ0v) is 15.8. The van der Waals surface area contributed by atoms with Crippen LogP contribution >= 0.6 is 0 Å². The molecule has 0 spiro atoms. The van der Waals surface area contributed by atoms with Gasteiger partial charge in [0.25, 0.3) is 0 Å². The normalized spacial score (nSPS) is 14.0. The number of carboxylic acids is 1. The summed E-state index contributed by atoms with van der Waals surface area (Å²) in [6.07, 6.45) is -0.125. The van der Waals surface area contributed by atoms with E-state index in [-0.39, 0.29) is 31.7 Å². The van der Waals surface area contributed by atoms with Crippen LogP contribution in [0.3, 0.4) is 0 Å². The van der Waals surface area contributed by atoms with Crippen LogP contribution in [-0.2, 0) is 24.0 Å². The Morgan fingerprint density at radius 2 is 1.48 bits per heavy atom. The molecule has 0 saturated carbocycles. The molecule has 0 rings (SSSR count). The van der Waals surface area contributed by atoms with E-state index in [4.69, 9.17) is 11.5 Å². The van der Waals surface area contributed by atoms with Crippen LogP contribution in [0.2, 0.25) is 0 Å². The molecule has 27 heavy (non-hydrogen) atoms. The number of hydrogen-bond acceptors (Lipinski definition) is 6. The van der Waals surface area contributed by atoms with Gasteiger partial charge in [-0.05, 0) is 25.7 Å². The van der Waals surface area contributed by atoms with Gasteiger partial charge >= 0.3 is 5.97 Å². The fraction of sp³-hybridized carbons (Fsp3) is 0.688. The predicted octanol–water partition coefficient (Wildman–Crippen LogP) is -2.18. The molecule has 0 aromatic carbocycles. The van der Waals surface area contributed by atoms with Crippen molar-refractivity contribution in [1.82, 2.24) is 16.0 Å². The molecule has 0 aromatic heterocycles. The van der Waals surface area contributed by atoms with Crippen LogP contribution in [0.15, 0.2) is 0 Å². The second-order valence-electron chi connectivity index (χ2n) is 6.59. The zero-order valence-electron chi connectivity index (χ0n) is 15.8. The van der Waals surface area contributed by atoms with Gasteiger partial charge in [-0.2, -0.15) is 0 Å². The molecule has 0 fully saturated rings. The lowest BCUT2D eigenvalue weighted by molar-refractivity contribution is -0.142. The first kappa shape index (κ1) is 24.3. The van der Waals surface area contributed by atoms with Crippen molar-refractivity contribution in [2.45, 2.75) is 58.2 Å². The van der Waals surface area contributed by atoms with E-state index in [2.05, 4.69) is 16.0 Å². The van der Waals surface area contributed by atoms with E-state index in [9.17, 15) is 29.1 Å². The Balaban J connectivity index is 5.06. The molecule has 4 amide bonds. The number of rotatable bonds is 12. The highest BCUT2D eigenvalue weighted by Gasteiger charge is 2.28. The second-order valence-corrected chi connectivity index (χ2v) is 6.59. The lowest BCUT2D eigenvalue weighted by atomic mass is 10.0. The first-order chi connectivity index (χ1) is 12.5. The smallest absolute Gasteiger partial charge is 0.326 e. The molecule has 11 nitrogen and oxygen atoms in total. The van der Waals surface area contributed by atoms with Gasteiger partial charge in [-0.25, -0.2) is 4.79 Å². The van der Waals surface area contributed by atoms with Gasteiger partial charge in [0.1, 0.15) is 18.1 Å². The summed E-state index contributed by atoms with van der Waals surface area (Å²) in [6, 6.07) is -3.25. The topological polar surface area (TPSA) is 194 Å². The van der Waals surface area contributed by atoms with Crippen LogP contribution in [0.4, 0.5) is 0 Å². The number of primary amides is 1. The van der Waals surface area contributed by atoms with E-state index in [1.165, 1.54) is 6.92 Å². The van der Waals surface area contributed by atoms with Crippen molar-refractivity contribution in [3.63, 3.8) is 0 Å². The molecular weight excluding hydrogens is 358 g/mol. The zero-order chi connectivity index (χ0) is 21.1.